The molecule has 0 N–H and O–H groups in total. The molecule has 5 aliphatic carbocycles. The predicted molar refractivity (Wildman–Crippen MR) is 41.1 cm³/mol. The highest BCUT2D eigenvalue weighted by molar-refractivity contribution is 5.11. The summed E-state index contributed by atoms with van der Waals surface area (Å²) in [6.07, 6.45) is 7.46. The molecule has 5 saturated carbocycles. The summed E-state index contributed by atoms with van der Waals surface area (Å²) in [6.45, 7) is 0. The maximum Gasteiger partial charge on any atom is 0.0665 e. The third-order valence-corrected chi connectivity index (χ3v) is 4.72. The molecule has 0 radical (unpaired) electrons. The van der Waals surface area contributed by atoms with Crippen molar-refractivity contribution in [3.8, 4) is 0 Å². The van der Waals surface area contributed by atoms with E-state index < -0.39 is 0 Å². The minimum atomic E-state index is 0.722. The van der Waals surface area contributed by atoms with E-state index in [0.717, 1.165) is 35.9 Å². The van der Waals surface area contributed by atoms with Gasteiger partial charge < -0.3 is 4.74 Å². The number of fused-ring (bicyclic) bond motifs is 1. The van der Waals surface area contributed by atoms with Crippen LogP contribution in [0.3, 0.4) is 0 Å². The fourth-order valence-corrected chi connectivity index (χ4v) is 4.35. The minimum absolute atomic E-state index is 0.722. The van der Waals surface area contributed by atoms with Crippen molar-refractivity contribution in [2.24, 2.45) is 23.7 Å². The summed E-state index contributed by atoms with van der Waals surface area (Å²) in [4.78, 5) is 0. The van der Waals surface area contributed by atoms with Crippen molar-refractivity contribution in [2.75, 3.05) is 0 Å². The van der Waals surface area contributed by atoms with E-state index in [0.29, 0.717) is 0 Å². The molecule has 0 aromatic rings. The van der Waals surface area contributed by atoms with Gasteiger partial charge in [0.15, 0.2) is 0 Å². The molecule has 6 unspecified atom stereocenters. The fraction of sp³-hybridized carbons (Fsp3) is 1.00. The highest BCUT2D eigenvalue weighted by Crippen LogP contribution is 2.63. The van der Waals surface area contributed by atoms with Gasteiger partial charge in [-0.2, -0.15) is 0 Å². The van der Waals surface area contributed by atoms with Crippen molar-refractivity contribution < 1.29 is 4.74 Å². The Morgan fingerprint density at radius 3 is 2.64 bits per heavy atom. The second-order valence-electron chi connectivity index (χ2n) is 4.95. The van der Waals surface area contributed by atoms with Gasteiger partial charge >= 0.3 is 0 Å². The smallest absolute Gasteiger partial charge is 0.0665 e. The Kier molecular flexibility index (Phi) is 0.769. The normalized spacial score (nSPS) is 69.8. The van der Waals surface area contributed by atoms with Crippen LogP contribution in [0.1, 0.15) is 25.7 Å². The van der Waals surface area contributed by atoms with Crippen LogP contribution in [0.2, 0.25) is 0 Å². The molecule has 1 saturated heterocycles. The number of rotatable bonds is 0. The summed E-state index contributed by atoms with van der Waals surface area (Å²) >= 11 is 0. The maximum absolute atomic E-state index is 5.84. The number of hydrogen-bond acceptors (Lipinski definition) is 1. The molecule has 6 rings (SSSR count). The van der Waals surface area contributed by atoms with E-state index in [1.54, 1.807) is 6.42 Å². The molecule has 60 valence electrons. The van der Waals surface area contributed by atoms with Crippen LogP contribution in [0.15, 0.2) is 0 Å². The average Bonchev–Trinajstić information content (AvgIpc) is 2.01. The van der Waals surface area contributed by atoms with Gasteiger partial charge in [-0.15, -0.1) is 0 Å². The fourth-order valence-electron chi connectivity index (χ4n) is 4.35. The van der Waals surface area contributed by atoms with Crippen molar-refractivity contribution in [3.05, 3.63) is 0 Å². The number of ether oxygens (including phenoxy) is 1. The Morgan fingerprint density at radius 2 is 2.00 bits per heavy atom. The minimum Gasteiger partial charge on any atom is -0.374 e. The molecule has 6 atom stereocenters. The van der Waals surface area contributed by atoms with Gasteiger partial charge in [0.2, 0.25) is 0 Å². The van der Waals surface area contributed by atoms with Crippen LogP contribution in [0.25, 0.3) is 0 Å². The van der Waals surface area contributed by atoms with Crippen LogP contribution in [0.4, 0.5) is 0 Å². The second-order valence-corrected chi connectivity index (χ2v) is 4.95. The zero-order chi connectivity index (χ0) is 7.00. The Hall–Kier alpha value is -0.0400. The summed E-state index contributed by atoms with van der Waals surface area (Å²) in [6, 6.07) is 0. The Balaban J connectivity index is 1.84. The zero-order valence-corrected chi connectivity index (χ0v) is 6.70. The summed E-state index contributed by atoms with van der Waals surface area (Å²) < 4.78 is 5.84. The van der Waals surface area contributed by atoms with Gasteiger partial charge in [0.25, 0.3) is 0 Å². The second kappa shape index (κ2) is 1.52. The summed E-state index contributed by atoms with van der Waals surface area (Å²) in [5.74, 6) is 4.19. The van der Waals surface area contributed by atoms with E-state index in [1.165, 1.54) is 19.3 Å². The van der Waals surface area contributed by atoms with Crippen molar-refractivity contribution >= 4 is 0 Å². The molecule has 1 heteroatoms. The monoisotopic (exact) mass is 150 g/mol. The van der Waals surface area contributed by atoms with Crippen molar-refractivity contribution in [3.63, 3.8) is 0 Å². The van der Waals surface area contributed by atoms with Crippen LogP contribution >= 0.6 is 0 Å². The molecule has 0 amide bonds. The quantitative estimate of drug-likeness (QED) is 0.512. The standard InChI is InChI=1S/C10H14O/c1-2-7-6-3-5(1)9-8(4-6)11-10(7)9/h5-10H,1-4H2. The van der Waals surface area contributed by atoms with Crippen LogP contribution in [-0.4, -0.2) is 12.2 Å². The highest BCUT2D eigenvalue weighted by atomic mass is 16.5. The average molecular weight is 150 g/mol. The third kappa shape index (κ3) is 0.462. The lowest BCUT2D eigenvalue weighted by Crippen LogP contribution is -2.68. The Morgan fingerprint density at radius 1 is 1.00 bits per heavy atom. The van der Waals surface area contributed by atoms with Crippen molar-refractivity contribution in [1.29, 1.82) is 0 Å². The van der Waals surface area contributed by atoms with Crippen LogP contribution in [0.5, 0.6) is 0 Å². The molecule has 0 aromatic heterocycles. The first-order valence-electron chi connectivity index (χ1n) is 5.09. The van der Waals surface area contributed by atoms with E-state index in [1.807, 2.05) is 0 Å². The van der Waals surface area contributed by atoms with E-state index >= 15 is 0 Å². The van der Waals surface area contributed by atoms with Crippen LogP contribution < -0.4 is 0 Å². The zero-order valence-electron chi connectivity index (χ0n) is 6.70. The third-order valence-electron chi connectivity index (χ3n) is 4.72. The summed E-state index contributed by atoms with van der Waals surface area (Å²) in [7, 11) is 0. The van der Waals surface area contributed by atoms with E-state index in [9.17, 15) is 0 Å². The first-order chi connectivity index (χ1) is 5.43. The van der Waals surface area contributed by atoms with Gasteiger partial charge in [-0.1, -0.05) is 0 Å². The Labute approximate surface area is 67.1 Å². The van der Waals surface area contributed by atoms with Crippen molar-refractivity contribution in [1.82, 2.24) is 0 Å². The first kappa shape index (κ1) is 5.58. The van der Waals surface area contributed by atoms with Crippen LogP contribution in [-0.2, 0) is 4.74 Å². The molecule has 6 aliphatic rings. The lowest BCUT2D eigenvalue weighted by atomic mass is 9.48. The molecular formula is C10H14O. The first-order valence-corrected chi connectivity index (χ1v) is 5.09. The molecule has 1 heterocycles. The van der Waals surface area contributed by atoms with Gasteiger partial charge in [-0.25, -0.2) is 0 Å². The van der Waals surface area contributed by atoms with E-state index in [2.05, 4.69) is 0 Å². The van der Waals surface area contributed by atoms with Gasteiger partial charge in [0.05, 0.1) is 12.2 Å². The molecule has 1 nitrogen and oxygen atoms in total. The summed E-state index contributed by atoms with van der Waals surface area (Å²) in [5, 5.41) is 0. The SMILES string of the molecule is C1CC2C3CC1C1C(C3)OC21. The maximum atomic E-state index is 5.84. The molecule has 6 fully saturated rings. The lowest BCUT2D eigenvalue weighted by Gasteiger charge is -2.67. The molecule has 0 aromatic carbocycles. The van der Waals surface area contributed by atoms with Crippen LogP contribution in [0, 0.1) is 23.7 Å². The Bertz CT molecular complexity index is 197. The molecule has 0 spiro atoms. The van der Waals surface area contributed by atoms with Crippen molar-refractivity contribution in [2.45, 2.75) is 37.9 Å². The van der Waals surface area contributed by atoms with Gasteiger partial charge in [0.1, 0.15) is 0 Å². The van der Waals surface area contributed by atoms with Gasteiger partial charge in [-0.05, 0) is 43.4 Å². The number of hydrogen-bond donors (Lipinski definition) is 0. The van der Waals surface area contributed by atoms with E-state index in [4.69, 9.17) is 4.74 Å². The van der Waals surface area contributed by atoms with Gasteiger partial charge in [0, 0.05) is 5.92 Å². The predicted octanol–water partition coefficient (Wildman–Crippen LogP) is 1.82. The highest BCUT2D eigenvalue weighted by Gasteiger charge is 2.63. The molecule has 11 heavy (non-hydrogen) atoms. The lowest BCUT2D eigenvalue weighted by molar-refractivity contribution is -0.319. The molecular weight excluding hydrogens is 136 g/mol. The molecule has 1 aliphatic heterocycles. The topological polar surface area (TPSA) is 9.23 Å². The van der Waals surface area contributed by atoms with E-state index in [-0.39, 0.29) is 0 Å². The summed E-state index contributed by atoms with van der Waals surface area (Å²) in [5.41, 5.74) is 0. The van der Waals surface area contributed by atoms with Gasteiger partial charge in [-0.3, -0.25) is 0 Å². The molecule has 6 bridgehead atoms. The largest absolute Gasteiger partial charge is 0.374 e.